The summed E-state index contributed by atoms with van der Waals surface area (Å²) in [4.78, 5) is 2.47. The summed E-state index contributed by atoms with van der Waals surface area (Å²) in [5.41, 5.74) is 7.42. The summed E-state index contributed by atoms with van der Waals surface area (Å²) in [5.74, 6) is 0. The van der Waals surface area contributed by atoms with Gasteiger partial charge < -0.3 is 10.5 Å². The van der Waals surface area contributed by atoms with Gasteiger partial charge in [0.05, 0.1) is 12.1 Å². The van der Waals surface area contributed by atoms with Gasteiger partial charge >= 0.3 is 0 Å². The van der Waals surface area contributed by atoms with Crippen molar-refractivity contribution < 1.29 is 4.74 Å². The molecule has 0 spiro atoms. The maximum atomic E-state index is 6.05. The lowest BCUT2D eigenvalue weighted by atomic mass is 9.89. The van der Waals surface area contributed by atoms with Gasteiger partial charge in [0.25, 0.3) is 0 Å². The number of nitrogens with two attached hydrogens (primary N) is 1. The Kier molecular flexibility index (Phi) is 4.75. The third kappa shape index (κ3) is 2.91. The lowest BCUT2D eigenvalue weighted by Crippen LogP contribution is -2.58. The van der Waals surface area contributed by atoms with Crippen molar-refractivity contribution in [3.63, 3.8) is 0 Å². The van der Waals surface area contributed by atoms with Crippen molar-refractivity contribution in [2.24, 2.45) is 5.73 Å². The number of ether oxygens (including phenoxy) is 1. The Morgan fingerprint density at radius 3 is 2.67 bits per heavy atom. The molecule has 1 aliphatic heterocycles. The third-order valence-electron chi connectivity index (χ3n) is 3.95. The zero-order chi connectivity index (χ0) is 12.8. The average molecular weight is 248 g/mol. The van der Waals surface area contributed by atoms with Crippen LogP contribution in [0.15, 0.2) is 30.3 Å². The van der Waals surface area contributed by atoms with E-state index in [2.05, 4.69) is 42.2 Å². The Morgan fingerprint density at radius 2 is 2.11 bits per heavy atom. The number of benzene rings is 1. The van der Waals surface area contributed by atoms with Crippen LogP contribution in [0.2, 0.25) is 0 Å². The van der Waals surface area contributed by atoms with Crippen LogP contribution in [0, 0.1) is 0 Å². The summed E-state index contributed by atoms with van der Waals surface area (Å²) < 4.78 is 5.68. The van der Waals surface area contributed by atoms with Crippen molar-refractivity contribution in [1.29, 1.82) is 0 Å². The van der Waals surface area contributed by atoms with Gasteiger partial charge in [-0.15, -0.1) is 0 Å². The first-order valence-corrected chi connectivity index (χ1v) is 6.87. The minimum absolute atomic E-state index is 0.0306. The van der Waals surface area contributed by atoms with E-state index in [1.165, 1.54) is 5.56 Å². The lowest BCUT2D eigenvalue weighted by molar-refractivity contribution is -0.0468. The summed E-state index contributed by atoms with van der Waals surface area (Å²) in [6.07, 6.45) is 2.26. The molecule has 1 saturated heterocycles. The van der Waals surface area contributed by atoms with Gasteiger partial charge in [0.2, 0.25) is 0 Å². The van der Waals surface area contributed by atoms with Crippen LogP contribution in [0.4, 0.5) is 0 Å². The van der Waals surface area contributed by atoms with E-state index in [0.717, 1.165) is 39.1 Å². The highest BCUT2D eigenvalue weighted by Gasteiger charge is 2.36. The lowest BCUT2D eigenvalue weighted by Gasteiger charge is -2.45. The SMILES string of the molecule is CCN(Cc1ccccc1)C1(CN)CCCOC1. The molecule has 1 aromatic rings. The molecule has 3 nitrogen and oxygen atoms in total. The molecule has 0 bridgehead atoms. The Balaban J connectivity index is 2.11. The normalized spacial score (nSPS) is 24.4. The van der Waals surface area contributed by atoms with E-state index in [1.807, 2.05) is 0 Å². The molecule has 1 unspecified atom stereocenters. The zero-order valence-electron chi connectivity index (χ0n) is 11.3. The van der Waals surface area contributed by atoms with Crippen molar-refractivity contribution in [3.05, 3.63) is 35.9 Å². The van der Waals surface area contributed by atoms with E-state index in [1.54, 1.807) is 0 Å². The molecule has 0 saturated carbocycles. The summed E-state index contributed by atoms with van der Waals surface area (Å²) >= 11 is 0. The Morgan fingerprint density at radius 1 is 1.33 bits per heavy atom. The predicted molar refractivity (Wildman–Crippen MR) is 74.4 cm³/mol. The highest BCUT2D eigenvalue weighted by Crippen LogP contribution is 2.26. The van der Waals surface area contributed by atoms with Crippen LogP contribution in [0.5, 0.6) is 0 Å². The van der Waals surface area contributed by atoms with Gasteiger partial charge in [-0.05, 0) is 24.9 Å². The molecule has 0 amide bonds. The average Bonchev–Trinajstić information content (AvgIpc) is 2.46. The van der Waals surface area contributed by atoms with Gasteiger partial charge in [-0.1, -0.05) is 37.3 Å². The Labute approximate surface area is 110 Å². The van der Waals surface area contributed by atoms with Crippen molar-refractivity contribution in [1.82, 2.24) is 4.90 Å². The summed E-state index contributed by atoms with van der Waals surface area (Å²) in [6, 6.07) is 10.6. The second-order valence-corrected chi connectivity index (χ2v) is 5.08. The maximum Gasteiger partial charge on any atom is 0.0662 e. The van der Waals surface area contributed by atoms with Gasteiger partial charge in [0, 0.05) is 19.7 Å². The monoisotopic (exact) mass is 248 g/mol. The molecule has 18 heavy (non-hydrogen) atoms. The largest absolute Gasteiger partial charge is 0.379 e. The summed E-state index contributed by atoms with van der Waals surface area (Å²) in [5, 5.41) is 0. The van der Waals surface area contributed by atoms with Crippen molar-refractivity contribution in [3.8, 4) is 0 Å². The second kappa shape index (κ2) is 6.32. The first-order valence-electron chi connectivity index (χ1n) is 6.87. The molecule has 1 fully saturated rings. The molecule has 0 aliphatic carbocycles. The highest BCUT2D eigenvalue weighted by molar-refractivity contribution is 5.15. The quantitative estimate of drug-likeness (QED) is 0.866. The molecular weight excluding hydrogens is 224 g/mol. The Hall–Kier alpha value is -0.900. The molecule has 1 atom stereocenters. The fourth-order valence-electron chi connectivity index (χ4n) is 2.80. The van der Waals surface area contributed by atoms with E-state index in [-0.39, 0.29) is 5.54 Å². The molecule has 0 aromatic heterocycles. The predicted octanol–water partition coefficient (Wildman–Crippen LogP) is 2.02. The standard InChI is InChI=1S/C15H24N2O/c1-2-17(11-14-7-4-3-5-8-14)15(12-16)9-6-10-18-13-15/h3-5,7-8H,2,6,9-13,16H2,1H3. The first-order chi connectivity index (χ1) is 8.80. The fourth-order valence-corrected chi connectivity index (χ4v) is 2.80. The third-order valence-corrected chi connectivity index (χ3v) is 3.95. The van der Waals surface area contributed by atoms with Gasteiger partial charge in [-0.3, -0.25) is 4.90 Å². The minimum Gasteiger partial charge on any atom is -0.379 e. The molecular formula is C15H24N2O. The smallest absolute Gasteiger partial charge is 0.0662 e. The molecule has 3 heteroatoms. The minimum atomic E-state index is 0.0306. The van der Waals surface area contributed by atoms with Gasteiger partial charge in [-0.25, -0.2) is 0 Å². The Bertz CT molecular complexity index is 347. The van der Waals surface area contributed by atoms with Crippen LogP contribution in [0.1, 0.15) is 25.3 Å². The molecule has 2 rings (SSSR count). The summed E-state index contributed by atoms with van der Waals surface area (Å²) in [7, 11) is 0. The van der Waals surface area contributed by atoms with Crippen LogP contribution in [-0.4, -0.2) is 36.7 Å². The number of hydrogen-bond donors (Lipinski definition) is 1. The van der Waals surface area contributed by atoms with Crippen LogP contribution < -0.4 is 5.73 Å². The summed E-state index contributed by atoms with van der Waals surface area (Å²) in [6.45, 7) is 6.49. The van der Waals surface area contributed by atoms with Crippen LogP contribution in [0.25, 0.3) is 0 Å². The molecule has 0 radical (unpaired) electrons. The zero-order valence-corrected chi connectivity index (χ0v) is 11.3. The van der Waals surface area contributed by atoms with Crippen molar-refractivity contribution >= 4 is 0 Å². The van der Waals surface area contributed by atoms with Gasteiger partial charge in [-0.2, -0.15) is 0 Å². The van der Waals surface area contributed by atoms with Gasteiger partial charge in [0.15, 0.2) is 0 Å². The molecule has 1 aliphatic rings. The fraction of sp³-hybridized carbons (Fsp3) is 0.600. The van der Waals surface area contributed by atoms with Crippen molar-refractivity contribution in [2.45, 2.75) is 31.8 Å². The second-order valence-electron chi connectivity index (χ2n) is 5.08. The number of hydrogen-bond acceptors (Lipinski definition) is 3. The van der Waals surface area contributed by atoms with Crippen LogP contribution in [-0.2, 0) is 11.3 Å². The number of likely N-dealkylation sites (N-methyl/N-ethyl adjacent to an activating group) is 1. The van der Waals surface area contributed by atoms with E-state index in [0.29, 0.717) is 6.54 Å². The van der Waals surface area contributed by atoms with E-state index in [9.17, 15) is 0 Å². The molecule has 2 N–H and O–H groups in total. The van der Waals surface area contributed by atoms with Gasteiger partial charge in [0.1, 0.15) is 0 Å². The van der Waals surface area contributed by atoms with Crippen molar-refractivity contribution in [2.75, 3.05) is 26.3 Å². The van der Waals surface area contributed by atoms with Crippen LogP contribution >= 0.6 is 0 Å². The topological polar surface area (TPSA) is 38.5 Å². The first kappa shape index (κ1) is 13.5. The van der Waals surface area contributed by atoms with E-state index >= 15 is 0 Å². The number of rotatable bonds is 5. The van der Waals surface area contributed by atoms with E-state index in [4.69, 9.17) is 10.5 Å². The molecule has 1 heterocycles. The maximum absolute atomic E-state index is 6.05. The van der Waals surface area contributed by atoms with E-state index < -0.39 is 0 Å². The highest BCUT2D eigenvalue weighted by atomic mass is 16.5. The molecule has 1 aromatic carbocycles. The number of nitrogens with zero attached hydrogens (tertiary/aromatic N) is 1. The molecule has 100 valence electrons. The van der Waals surface area contributed by atoms with Crippen LogP contribution in [0.3, 0.4) is 0 Å².